The second kappa shape index (κ2) is 5.56. The minimum Gasteiger partial charge on any atom is -0.387 e. The molecule has 0 saturated carbocycles. The first-order valence-corrected chi connectivity index (χ1v) is 6.13. The zero-order chi connectivity index (χ0) is 14.7. The van der Waals surface area contributed by atoms with Gasteiger partial charge in [0, 0.05) is 26.6 Å². The van der Waals surface area contributed by atoms with E-state index in [0.29, 0.717) is 12.3 Å². The number of hydrogen-bond donors (Lipinski definition) is 1. The normalized spacial score (nSPS) is 11.6. The molecule has 0 spiro atoms. The van der Waals surface area contributed by atoms with Gasteiger partial charge in [-0.2, -0.15) is 0 Å². The standard InChI is InChI=1S/C14H16N4O2/c1-17-12(9-13(19)18(2)14(17)20)16-11(15)8-10-6-4-3-5-7-10/h3-7,9H,8H2,1-2H3,(H2,15,16). The largest absolute Gasteiger partial charge is 0.387 e. The van der Waals surface area contributed by atoms with Crippen LogP contribution in [0.15, 0.2) is 51.0 Å². The van der Waals surface area contributed by atoms with Crippen LogP contribution in [0.5, 0.6) is 0 Å². The summed E-state index contributed by atoms with van der Waals surface area (Å²) in [5.41, 5.74) is 6.06. The predicted molar refractivity (Wildman–Crippen MR) is 78.4 cm³/mol. The van der Waals surface area contributed by atoms with E-state index in [1.165, 1.54) is 17.7 Å². The minimum atomic E-state index is -0.427. The number of amidine groups is 1. The van der Waals surface area contributed by atoms with Crippen LogP contribution in [0, 0.1) is 0 Å². The van der Waals surface area contributed by atoms with E-state index in [9.17, 15) is 9.59 Å². The van der Waals surface area contributed by atoms with Gasteiger partial charge in [-0.15, -0.1) is 0 Å². The average Bonchev–Trinajstić information content (AvgIpc) is 2.43. The highest BCUT2D eigenvalue weighted by atomic mass is 16.2. The molecule has 0 aliphatic rings. The topological polar surface area (TPSA) is 82.4 Å². The fraction of sp³-hybridized carbons (Fsp3) is 0.214. The summed E-state index contributed by atoms with van der Waals surface area (Å²) in [5, 5.41) is 0. The highest BCUT2D eigenvalue weighted by molar-refractivity contribution is 5.84. The molecule has 2 aromatic rings. The summed E-state index contributed by atoms with van der Waals surface area (Å²) in [7, 11) is 2.97. The Hall–Kier alpha value is -2.63. The van der Waals surface area contributed by atoms with Gasteiger partial charge in [-0.25, -0.2) is 9.79 Å². The van der Waals surface area contributed by atoms with Crippen LogP contribution in [0.4, 0.5) is 5.82 Å². The molecule has 0 radical (unpaired) electrons. The Morgan fingerprint density at radius 1 is 1.15 bits per heavy atom. The lowest BCUT2D eigenvalue weighted by molar-refractivity contribution is 0.688. The van der Waals surface area contributed by atoms with E-state index >= 15 is 0 Å². The molecule has 2 rings (SSSR count). The molecule has 0 aliphatic heterocycles. The van der Waals surface area contributed by atoms with Crippen molar-refractivity contribution in [2.75, 3.05) is 0 Å². The summed E-state index contributed by atoms with van der Waals surface area (Å²) >= 11 is 0. The van der Waals surface area contributed by atoms with E-state index in [-0.39, 0.29) is 5.82 Å². The highest BCUT2D eigenvalue weighted by Gasteiger charge is 2.05. The van der Waals surface area contributed by atoms with E-state index in [1.54, 1.807) is 7.05 Å². The molecule has 0 fully saturated rings. The molecule has 0 atom stereocenters. The Labute approximate surface area is 115 Å². The second-order valence-corrected chi connectivity index (χ2v) is 4.51. The van der Waals surface area contributed by atoms with Crippen LogP contribution in [0.25, 0.3) is 0 Å². The summed E-state index contributed by atoms with van der Waals surface area (Å²) in [4.78, 5) is 27.5. The molecule has 104 valence electrons. The van der Waals surface area contributed by atoms with Crippen molar-refractivity contribution in [2.24, 2.45) is 24.8 Å². The summed E-state index contributed by atoms with van der Waals surface area (Å²) < 4.78 is 2.31. The van der Waals surface area contributed by atoms with Crippen LogP contribution >= 0.6 is 0 Å². The van der Waals surface area contributed by atoms with Gasteiger partial charge in [0.25, 0.3) is 5.56 Å². The second-order valence-electron chi connectivity index (χ2n) is 4.51. The summed E-state index contributed by atoms with van der Waals surface area (Å²) in [5.74, 6) is 0.603. The minimum absolute atomic E-state index is 0.256. The van der Waals surface area contributed by atoms with Gasteiger partial charge in [0.05, 0.1) is 0 Å². The Balaban J connectivity index is 2.36. The van der Waals surface area contributed by atoms with Gasteiger partial charge in [0.1, 0.15) is 11.7 Å². The molecule has 0 unspecified atom stereocenters. The van der Waals surface area contributed by atoms with E-state index in [4.69, 9.17) is 5.73 Å². The number of nitrogens with two attached hydrogens (primary N) is 1. The molecule has 20 heavy (non-hydrogen) atoms. The van der Waals surface area contributed by atoms with Gasteiger partial charge in [-0.1, -0.05) is 30.3 Å². The lowest BCUT2D eigenvalue weighted by atomic mass is 10.1. The molecule has 1 aromatic carbocycles. The SMILES string of the molecule is Cn1c(/N=C(\N)Cc2ccccc2)cc(=O)n(C)c1=O. The third kappa shape index (κ3) is 2.85. The maximum Gasteiger partial charge on any atom is 0.332 e. The monoisotopic (exact) mass is 272 g/mol. The smallest absolute Gasteiger partial charge is 0.332 e. The van der Waals surface area contributed by atoms with Crippen LogP contribution in [0.3, 0.4) is 0 Å². The quantitative estimate of drug-likeness (QED) is 0.645. The molecule has 1 heterocycles. The van der Waals surface area contributed by atoms with Crippen molar-refractivity contribution in [2.45, 2.75) is 6.42 Å². The van der Waals surface area contributed by atoms with E-state index < -0.39 is 11.2 Å². The Morgan fingerprint density at radius 3 is 2.45 bits per heavy atom. The fourth-order valence-electron chi connectivity index (χ4n) is 1.82. The van der Waals surface area contributed by atoms with Crippen LogP contribution in [-0.4, -0.2) is 15.0 Å². The van der Waals surface area contributed by atoms with E-state index in [0.717, 1.165) is 10.1 Å². The highest BCUT2D eigenvalue weighted by Crippen LogP contribution is 2.06. The first-order valence-electron chi connectivity index (χ1n) is 6.13. The van der Waals surface area contributed by atoms with E-state index in [1.807, 2.05) is 30.3 Å². The third-order valence-corrected chi connectivity index (χ3v) is 2.99. The Morgan fingerprint density at radius 2 is 1.80 bits per heavy atom. The molecule has 1 aromatic heterocycles. The average molecular weight is 272 g/mol. The molecule has 0 amide bonds. The van der Waals surface area contributed by atoms with Crippen LogP contribution < -0.4 is 17.0 Å². The number of aliphatic imine (C=N–C) groups is 1. The van der Waals surface area contributed by atoms with Crippen molar-refractivity contribution in [1.29, 1.82) is 0 Å². The van der Waals surface area contributed by atoms with Crippen molar-refractivity contribution < 1.29 is 0 Å². The van der Waals surface area contributed by atoms with Gasteiger partial charge in [0.15, 0.2) is 0 Å². The molecule has 0 aliphatic carbocycles. The van der Waals surface area contributed by atoms with Gasteiger partial charge < -0.3 is 5.73 Å². The van der Waals surface area contributed by atoms with Crippen LogP contribution in [0.2, 0.25) is 0 Å². The fourth-order valence-corrected chi connectivity index (χ4v) is 1.82. The van der Waals surface area contributed by atoms with Crippen molar-refractivity contribution in [1.82, 2.24) is 9.13 Å². The number of rotatable bonds is 3. The first-order chi connectivity index (χ1) is 9.49. The van der Waals surface area contributed by atoms with Gasteiger partial charge in [-0.3, -0.25) is 13.9 Å². The van der Waals surface area contributed by atoms with Gasteiger partial charge in [-0.05, 0) is 5.56 Å². The zero-order valence-electron chi connectivity index (χ0n) is 11.4. The van der Waals surface area contributed by atoms with Gasteiger partial charge >= 0.3 is 5.69 Å². The van der Waals surface area contributed by atoms with E-state index in [2.05, 4.69) is 4.99 Å². The molecule has 0 bridgehead atoms. The number of benzene rings is 1. The summed E-state index contributed by atoms with van der Waals surface area (Å²) in [6, 6.07) is 10.9. The van der Waals surface area contributed by atoms with Crippen molar-refractivity contribution in [3.05, 3.63) is 62.8 Å². The first kappa shape index (κ1) is 13.8. The zero-order valence-corrected chi connectivity index (χ0v) is 11.4. The Bertz CT molecular complexity index is 757. The van der Waals surface area contributed by atoms with Crippen molar-refractivity contribution in [3.8, 4) is 0 Å². The molecular formula is C14H16N4O2. The van der Waals surface area contributed by atoms with Crippen molar-refractivity contribution >= 4 is 11.7 Å². The molecule has 2 N–H and O–H groups in total. The van der Waals surface area contributed by atoms with Crippen LogP contribution in [0.1, 0.15) is 5.56 Å². The predicted octanol–water partition coefficient (Wildman–Crippen LogP) is 0.315. The summed E-state index contributed by atoms with van der Waals surface area (Å²) in [6.45, 7) is 0. The molecule has 0 saturated heterocycles. The van der Waals surface area contributed by atoms with Crippen molar-refractivity contribution in [3.63, 3.8) is 0 Å². The molecule has 6 heteroatoms. The lowest BCUT2D eigenvalue weighted by Crippen LogP contribution is -2.36. The Kier molecular flexibility index (Phi) is 3.84. The maximum absolute atomic E-state index is 11.8. The maximum atomic E-state index is 11.8. The third-order valence-electron chi connectivity index (χ3n) is 2.99. The number of aromatic nitrogens is 2. The molecular weight excluding hydrogens is 256 g/mol. The number of nitrogens with zero attached hydrogens (tertiary/aromatic N) is 3. The molecule has 6 nitrogen and oxygen atoms in total. The van der Waals surface area contributed by atoms with Crippen LogP contribution in [-0.2, 0) is 20.5 Å². The van der Waals surface area contributed by atoms with Gasteiger partial charge in [0.2, 0.25) is 0 Å². The summed E-state index contributed by atoms with van der Waals surface area (Å²) in [6.07, 6.45) is 0.463. The number of hydrogen-bond acceptors (Lipinski definition) is 3. The lowest BCUT2D eigenvalue weighted by Gasteiger charge is -2.06.